The fourth-order valence-electron chi connectivity index (χ4n) is 6.03. The van der Waals surface area contributed by atoms with Gasteiger partial charge in [-0.2, -0.15) is 0 Å². The molecule has 0 aliphatic carbocycles. The molecule has 0 aromatic heterocycles. The van der Waals surface area contributed by atoms with Crippen molar-refractivity contribution in [3.63, 3.8) is 0 Å². The van der Waals surface area contributed by atoms with E-state index in [0.29, 0.717) is 35.3 Å². The summed E-state index contributed by atoms with van der Waals surface area (Å²) in [6.07, 6.45) is -7.61. The standard InChI is InChI=1S/C34H48N2O12/c37-17-23-25(39)27(41)29(43)31(47-23)19-9-7-11-21(15-19)33(45)35-13-5-3-1-2-4-6-14-36-34(46)22-12-8-10-20(16-22)32-30(44)28(42)26(40)24(18-38)48-32/h7-12,15-16,23-32,37-44H,1-6,13-14,17-18H2,(H,35,45)(H,36,46). The number of rotatable bonds is 15. The minimum Gasteiger partial charge on any atom is -0.394 e. The number of ether oxygens (including phenoxy) is 2. The summed E-state index contributed by atoms with van der Waals surface area (Å²) in [6, 6.07) is 12.9. The van der Waals surface area contributed by atoms with Crippen LogP contribution in [0.1, 0.15) is 82.6 Å². The van der Waals surface area contributed by atoms with E-state index in [-0.39, 0.29) is 11.8 Å². The second kappa shape index (κ2) is 18.1. The zero-order valence-corrected chi connectivity index (χ0v) is 26.7. The normalized spacial score (nSPS) is 30.5. The van der Waals surface area contributed by atoms with Crippen LogP contribution in [-0.2, 0) is 9.47 Å². The molecule has 4 rings (SSSR count). The number of hydrogen-bond acceptors (Lipinski definition) is 12. The van der Waals surface area contributed by atoms with Crippen molar-refractivity contribution in [2.75, 3.05) is 26.3 Å². The average molecular weight is 677 g/mol. The van der Waals surface area contributed by atoms with Crippen molar-refractivity contribution in [3.05, 3.63) is 70.8 Å². The van der Waals surface area contributed by atoms with Crippen LogP contribution in [0.15, 0.2) is 48.5 Å². The molecule has 2 aromatic rings. The van der Waals surface area contributed by atoms with E-state index in [1.165, 1.54) is 0 Å². The summed E-state index contributed by atoms with van der Waals surface area (Å²) in [5, 5.41) is 85.6. The number of unbranched alkanes of at least 4 members (excludes halogenated alkanes) is 5. The van der Waals surface area contributed by atoms with Crippen LogP contribution < -0.4 is 10.6 Å². The number of amides is 2. The summed E-state index contributed by atoms with van der Waals surface area (Å²) in [6.45, 7) is -0.123. The Hall–Kier alpha value is -3.02. The molecular formula is C34H48N2O12. The van der Waals surface area contributed by atoms with Gasteiger partial charge in [0.2, 0.25) is 0 Å². The molecule has 0 radical (unpaired) electrons. The molecule has 14 heteroatoms. The molecular weight excluding hydrogens is 628 g/mol. The van der Waals surface area contributed by atoms with Gasteiger partial charge in [-0.3, -0.25) is 9.59 Å². The van der Waals surface area contributed by atoms with Gasteiger partial charge in [-0.25, -0.2) is 0 Å². The second-order valence-electron chi connectivity index (χ2n) is 12.4. The van der Waals surface area contributed by atoms with Gasteiger partial charge in [-0.1, -0.05) is 49.9 Å². The van der Waals surface area contributed by atoms with E-state index in [2.05, 4.69) is 10.6 Å². The quantitative estimate of drug-likeness (QED) is 0.105. The van der Waals surface area contributed by atoms with Crippen molar-refractivity contribution in [2.45, 2.75) is 99.6 Å². The fraction of sp³-hybridized carbons (Fsp3) is 0.588. The minimum absolute atomic E-state index is 0.295. The van der Waals surface area contributed by atoms with Crippen molar-refractivity contribution in [1.29, 1.82) is 0 Å². The predicted octanol–water partition coefficient (Wildman–Crippen LogP) is -0.783. The van der Waals surface area contributed by atoms with Crippen LogP contribution in [0, 0.1) is 0 Å². The molecule has 0 spiro atoms. The number of aliphatic hydroxyl groups excluding tert-OH is 8. The molecule has 10 atom stereocenters. The second-order valence-corrected chi connectivity index (χ2v) is 12.4. The van der Waals surface area contributed by atoms with E-state index in [1.807, 2.05) is 0 Å². The Morgan fingerprint density at radius 1 is 0.542 bits per heavy atom. The maximum absolute atomic E-state index is 12.7. The third-order valence-electron chi connectivity index (χ3n) is 8.91. The highest BCUT2D eigenvalue weighted by molar-refractivity contribution is 5.94. The Morgan fingerprint density at radius 3 is 1.29 bits per heavy atom. The minimum atomic E-state index is -1.50. The summed E-state index contributed by atoms with van der Waals surface area (Å²) in [5.41, 5.74) is 1.59. The molecule has 48 heavy (non-hydrogen) atoms. The van der Waals surface area contributed by atoms with Gasteiger partial charge in [0.1, 0.15) is 61.0 Å². The maximum Gasteiger partial charge on any atom is 0.251 e. The topological polar surface area (TPSA) is 238 Å². The lowest BCUT2D eigenvalue weighted by Gasteiger charge is -2.40. The first-order chi connectivity index (χ1) is 23.1. The molecule has 2 amide bonds. The van der Waals surface area contributed by atoms with E-state index in [4.69, 9.17) is 9.47 Å². The molecule has 2 saturated heterocycles. The van der Waals surface area contributed by atoms with Crippen LogP contribution >= 0.6 is 0 Å². The molecule has 2 fully saturated rings. The Balaban J connectivity index is 1.10. The summed E-state index contributed by atoms with van der Waals surface area (Å²) >= 11 is 0. The summed E-state index contributed by atoms with van der Waals surface area (Å²) in [4.78, 5) is 25.4. The highest BCUT2D eigenvalue weighted by atomic mass is 16.6. The van der Waals surface area contributed by atoms with E-state index in [0.717, 1.165) is 38.5 Å². The highest BCUT2D eigenvalue weighted by Gasteiger charge is 2.45. The Bertz CT molecular complexity index is 1230. The molecule has 2 aromatic carbocycles. The Kier molecular flexibility index (Phi) is 14.3. The van der Waals surface area contributed by atoms with Crippen LogP contribution in [0.4, 0.5) is 0 Å². The zero-order chi connectivity index (χ0) is 34.8. The largest absolute Gasteiger partial charge is 0.394 e. The molecule has 2 aliphatic heterocycles. The maximum atomic E-state index is 12.7. The van der Waals surface area contributed by atoms with Gasteiger partial charge in [0, 0.05) is 24.2 Å². The first-order valence-electron chi connectivity index (χ1n) is 16.4. The van der Waals surface area contributed by atoms with Gasteiger partial charge in [-0.15, -0.1) is 0 Å². The van der Waals surface area contributed by atoms with Gasteiger partial charge < -0.3 is 61.0 Å². The first kappa shape index (κ1) is 37.8. The Morgan fingerprint density at radius 2 is 0.917 bits per heavy atom. The molecule has 0 saturated carbocycles. The zero-order valence-electron chi connectivity index (χ0n) is 26.7. The molecule has 10 unspecified atom stereocenters. The SMILES string of the molecule is O=C(NCCCCCCCCNC(=O)c1cccc(C2OC(CO)C(O)C(O)C2O)c1)c1cccc(C2OC(CO)C(O)C(O)C2O)c1. The van der Waals surface area contributed by atoms with Crippen molar-refractivity contribution in [1.82, 2.24) is 10.6 Å². The van der Waals surface area contributed by atoms with Gasteiger partial charge >= 0.3 is 0 Å². The number of carbonyl (C=O) groups excluding carboxylic acids is 2. The lowest BCUT2D eigenvalue weighted by molar-refractivity contribution is -0.231. The number of nitrogens with one attached hydrogen (secondary N) is 2. The smallest absolute Gasteiger partial charge is 0.251 e. The van der Waals surface area contributed by atoms with Crippen molar-refractivity contribution < 1.29 is 59.9 Å². The lowest BCUT2D eigenvalue weighted by Crippen LogP contribution is -2.55. The van der Waals surface area contributed by atoms with E-state index < -0.39 is 74.3 Å². The first-order valence-corrected chi connectivity index (χ1v) is 16.4. The average Bonchev–Trinajstić information content (AvgIpc) is 3.10. The van der Waals surface area contributed by atoms with Crippen LogP contribution in [0.2, 0.25) is 0 Å². The van der Waals surface area contributed by atoms with Crippen LogP contribution in [0.25, 0.3) is 0 Å². The molecule has 0 bridgehead atoms. The monoisotopic (exact) mass is 676 g/mol. The van der Waals surface area contributed by atoms with E-state index >= 15 is 0 Å². The van der Waals surface area contributed by atoms with Gasteiger partial charge in [0.15, 0.2) is 0 Å². The van der Waals surface area contributed by atoms with Crippen LogP contribution in [-0.4, -0.2) is 128 Å². The third kappa shape index (κ3) is 9.36. The van der Waals surface area contributed by atoms with Gasteiger partial charge in [0.05, 0.1) is 13.2 Å². The molecule has 2 aliphatic rings. The molecule has 2 heterocycles. The van der Waals surface area contributed by atoms with E-state index in [1.54, 1.807) is 48.5 Å². The van der Waals surface area contributed by atoms with E-state index in [9.17, 15) is 50.4 Å². The van der Waals surface area contributed by atoms with Crippen molar-refractivity contribution >= 4 is 11.8 Å². The highest BCUT2D eigenvalue weighted by Crippen LogP contribution is 2.34. The predicted molar refractivity (Wildman–Crippen MR) is 171 cm³/mol. The van der Waals surface area contributed by atoms with Gasteiger partial charge in [-0.05, 0) is 48.2 Å². The number of hydrogen-bond donors (Lipinski definition) is 10. The Labute approximate surface area is 279 Å². The fourth-order valence-corrected chi connectivity index (χ4v) is 6.03. The lowest BCUT2D eigenvalue weighted by atomic mass is 9.90. The molecule has 266 valence electrons. The number of carbonyl (C=O) groups is 2. The summed E-state index contributed by atoms with van der Waals surface area (Å²) in [7, 11) is 0. The molecule has 10 N–H and O–H groups in total. The van der Waals surface area contributed by atoms with Crippen LogP contribution in [0.5, 0.6) is 0 Å². The van der Waals surface area contributed by atoms with Crippen molar-refractivity contribution in [2.24, 2.45) is 0 Å². The summed E-state index contributed by atoms with van der Waals surface area (Å²) < 4.78 is 11.2. The third-order valence-corrected chi connectivity index (χ3v) is 8.91. The van der Waals surface area contributed by atoms with Crippen molar-refractivity contribution in [3.8, 4) is 0 Å². The van der Waals surface area contributed by atoms with Crippen LogP contribution in [0.3, 0.4) is 0 Å². The molecule has 14 nitrogen and oxygen atoms in total. The number of benzene rings is 2. The summed E-state index contributed by atoms with van der Waals surface area (Å²) in [5.74, 6) is -0.591. The van der Waals surface area contributed by atoms with Gasteiger partial charge in [0.25, 0.3) is 11.8 Å². The number of aliphatic hydroxyl groups is 8.